The lowest BCUT2D eigenvalue weighted by Crippen LogP contribution is -2.04. The molecule has 0 aliphatic carbocycles. The summed E-state index contributed by atoms with van der Waals surface area (Å²) in [6.45, 7) is 3.34. The number of ketones is 1. The molecule has 0 unspecified atom stereocenters. The molecular formula is C10H10N4OS. The summed E-state index contributed by atoms with van der Waals surface area (Å²) in [6.07, 6.45) is 0. The number of thiazole rings is 1. The highest BCUT2D eigenvalue weighted by Gasteiger charge is 2.10. The van der Waals surface area contributed by atoms with Crippen LogP contribution < -0.4 is 5.73 Å². The van der Waals surface area contributed by atoms with Crippen molar-refractivity contribution in [3.05, 3.63) is 22.8 Å². The third-order valence-corrected chi connectivity index (χ3v) is 2.92. The van der Waals surface area contributed by atoms with Gasteiger partial charge in [0.2, 0.25) is 5.95 Å². The van der Waals surface area contributed by atoms with Gasteiger partial charge < -0.3 is 5.73 Å². The van der Waals surface area contributed by atoms with E-state index in [9.17, 15) is 4.79 Å². The summed E-state index contributed by atoms with van der Waals surface area (Å²) in [5.74, 6) is -0.0424. The number of carbonyl (C=O) groups is 1. The molecule has 0 spiro atoms. The van der Waals surface area contributed by atoms with E-state index in [1.807, 2.05) is 12.3 Å². The van der Waals surface area contributed by atoms with Crippen LogP contribution in [0.2, 0.25) is 0 Å². The number of hydrogen-bond donors (Lipinski definition) is 1. The van der Waals surface area contributed by atoms with Crippen LogP contribution in [0.25, 0.3) is 10.7 Å². The van der Waals surface area contributed by atoms with Gasteiger partial charge in [0.05, 0.1) is 0 Å². The summed E-state index contributed by atoms with van der Waals surface area (Å²) in [7, 11) is 0. The molecule has 82 valence electrons. The molecule has 2 N–H and O–H groups in total. The third-order valence-electron chi connectivity index (χ3n) is 1.94. The number of carbonyl (C=O) groups excluding carboxylic acids is 1. The molecule has 0 fully saturated rings. The molecule has 0 aromatic carbocycles. The van der Waals surface area contributed by atoms with Crippen molar-refractivity contribution in [2.24, 2.45) is 0 Å². The monoisotopic (exact) mass is 234 g/mol. The maximum absolute atomic E-state index is 11.2. The van der Waals surface area contributed by atoms with Gasteiger partial charge in [0.15, 0.2) is 5.78 Å². The Kier molecular flexibility index (Phi) is 2.66. The fourth-order valence-corrected chi connectivity index (χ4v) is 1.98. The Labute approximate surface area is 96.4 Å². The van der Waals surface area contributed by atoms with E-state index in [4.69, 9.17) is 5.73 Å². The van der Waals surface area contributed by atoms with Gasteiger partial charge in [-0.3, -0.25) is 4.79 Å². The van der Waals surface area contributed by atoms with Gasteiger partial charge in [-0.1, -0.05) is 0 Å². The molecule has 0 bridgehead atoms. The topological polar surface area (TPSA) is 81.8 Å². The van der Waals surface area contributed by atoms with E-state index in [1.165, 1.54) is 18.3 Å². The van der Waals surface area contributed by atoms with Crippen LogP contribution in [0, 0.1) is 6.92 Å². The Bertz CT molecular complexity index is 550. The molecule has 0 aliphatic rings. The molecule has 0 atom stereocenters. The number of Topliss-reactive ketones (excluding diaryl/α,β-unsaturated/α-hetero) is 1. The van der Waals surface area contributed by atoms with E-state index in [0.717, 1.165) is 10.7 Å². The second-order valence-electron chi connectivity index (χ2n) is 3.35. The first kappa shape index (κ1) is 10.7. The van der Waals surface area contributed by atoms with Gasteiger partial charge >= 0.3 is 0 Å². The number of hydrogen-bond acceptors (Lipinski definition) is 6. The van der Waals surface area contributed by atoms with Crippen molar-refractivity contribution in [2.75, 3.05) is 5.73 Å². The van der Waals surface area contributed by atoms with Crippen molar-refractivity contribution in [3.63, 3.8) is 0 Å². The lowest BCUT2D eigenvalue weighted by molar-refractivity contribution is 0.101. The molecule has 0 saturated carbocycles. The fourth-order valence-electron chi connectivity index (χ4n) is 1.23. The van der Waals surface area contributed by atoms with Gasteiger partial charge in [0.1, 0.15) is 16.4 Å². The standard InChI is InChI=1S/C10H10N4OS/c1-5-4-16-9(12-5)8-3-7(6(2)15)13-10(11)14-8/h3-4H,1-2H3,(H2,11,13,14). The number of aryl methyl sites for hydroxylation is 1. The summed E-state index contributed by atoms with van der Waals surface area (Å²) >= 11 is 1.46. The number of nitrogens with two attached hydrogens (primary N) is 1. The highest BCUT2D eigenvalue weighted by atomic mass is 32.1. The molecule has 2 aromatic rings. The SMILES string of the molecule is CC(=O)c1cc(-c2nc(C)cs2)nc(N)n1. The minimum Gasteiger partial charge on any atom is -0.368 e. The van der Waals surface area contributed by atoms with Crippen LogP contribution in [0.5, 0.6) is 0 Å². The van der Waals surface area contributed by atoms with Gasteiger partial charge in [0.25, 0.3) is 0 Å². The second-order valence-corrected chi connectivity index (χ2v) is 4.20. The van der Waals surface area contributed by atoms with E-state index < -0.39 is 0 Å². The Morgan fingerprint density at radius 1 is 1.38 bits per heavy atom. The minimum atomic E-state index is -0.136. The highest BCUT2D eigenvalue weighted by Crippen LogP contribution is 2.22. The van der Waals surface area contributed by atoms with Gasteiger partial charge in [0, 0.05) is 18.0 Å². The van der Waals surface area contributed by atoms with Crippen LogP contribution in [-0.4, -0.2) is 20.7 Å². The number of nitrogens with zero attached hydrogens (tertiary/aromatic N) is 3. The Morgan fingerprint density at radius 3 is 2.69 bits per heavy atom. The van der Waals surface area contributed by atoms with Gasteiger partial charge in [-0.15, -0.1) is 11.3 Å². The zero-order chi connectivity index (χ0) is 11.7. The average Bonchev–Trinajstić information content (AvgIpc) is 2.64. The van der Waals surface area contributed by atoms with E-state index in [1.54, 1.807) is 6.07 Å². The largest absolute Gasteiger partial charge is 0.368 e. The van der Waals surface area contributed by atoms with Crippen molar-refractivity contribution in [3.8, 4) is 10.7 Å². The average molecular weight is 234 g/mol. The molecule has 0 saturated heterocycles. The molecule has 6 heteroatoms. The van der Waals surface area contributed by atoms with Crippen LogP contribution in [0.3, 0.4) is 0 Å². The first-order chi connectivity index (χ1) is 7.56. The van der Waals surface area contributed by atoms with E-state index in [0.29, 0.717) is 11.4 Å². The van der Waals surface area contributed by atoms with Crippen LogP contribution in [0.4, 0.5) is 5.95 Å². The van der Waals surface area contributed by atoms with Crippen molar-refractivity contribution in [2.45, 2.75) is 13.8 Å². The van der Waals surface area contributed by atoms with Crippen LogP contribution >= 0.6 is 11.3 Å². The van der Waals surface area contributed by atoms with Gasteiger partial charge in [-0.05, 0) is 13.0 Å². The molecule has 16 heavy (non-hydrogen) atoms. The first-order valence-electron chi connectivity index (χ1n) is 4.64. The predicted molar refractivity (Wildman–Crippen MR) is 62.3 cm³/mol. The molecule has 0 amide bonds. The van der Waals surface area contributed by atoms with Crippen LogP contribution in [-0.2, 0) is 0 Å². The van der Waals surface area contributed by atoms with Crippen molar-refractivity contribution in [1.82, 2.24) is 15.0 Å². The lowest BCUT2D eigenvalue weighted by Gasteiger charge is -2.00. The van der Waals surface area contributed by atoms with Crippen molar-refractivity contribution in [1.29, 1.82) is 0 Å². The molecular weight excluding hydrogens is 224 g/mol. The third kappa shape index (κ3) is 2.06. The maximum atomic E-state index is 11.2. The lowest BCUT2D eigenvalue weighted by atomic mass is 10.2. The Morgan fingerprint density at radius 2 is 2.12 bits per heavy atom. The molecule has 2 heterocycles. The predicted octanol–water partition coefficient (Wildman–Crippen LogP) is 1.69. The van der Waals surface area contributed by atoms with Crippen LogP contribution in [0.15, 0.2) is 11.4 Å². The summed E-state index contributed by atoms with van der Waals surface area (Å²) in [4.78, 5) is 23.4. The summed E-state index contributed by atoms with van der Waals surface area (Å²) in [5, 5.41) is 2.66. The minimum absolute atomic E-state index is 0.0931. The number of aromatic nitrogens is 3. The smallest absolute Gasteiger partial charge is 0.221 e. The van der Waals surface area contributed by atoms with Crippen molar-refractivity contribution >= 4 is 23.1 Å². The van der Waals surface area contributed by atoms with E-state index in [2.05, 4.69) is 15.0 Å². The highest BCUT2D eigenvalue weighted by molar-refractivity contribution is 7.13. The number of anilines is 1. The normalized spacial score (nSPS) is 10.4. The van der Waals surface area contributed by atoms with Gasteiger partial charge in [-0.2, -0.15) is 0 Å². The Hall–Kier alpha value is -1.82. The molecule has 5 nitrogen and oxygen atoms in total. The zero-order valence-corrected chi connectivity index (χ0v) is 9.71. The number of rotatable bonds is 2. The van der Waals surface area contributed by atoms with Crippen molar-refractivity contribution < 1.29 is 4.79 Å². The summed E-state index contributed by atoms with van der Waals surface area (Å²) in [5.41, 5.74) is 7.37. The molecule has 0 aliphatic heterocycles. The molecule has 0 radical (unpaired) electrons. The van der Waals surface area contributed by atoms with Crippen LogP contribution in [0.1, 0.15) is 23.1 Å². The van der Waals surface area contributed by atoms with E-state index >= 15 is 0 Å². The Balaban J connectivity index is 2.53. The summed E-state index contributed by atoms with van der Waals surface area (Å²) in [6, 6.07) is 1.61. The molecule has 2 rings (SSSR count). The number of nitrogen functional groups attached to an aromatic ring is 1. The second kappa shape index (κ2) is 3.97. The fraction of sp³-hybridized carbons (Fsp3) is 0.200. The maximum Gasteiger partial charge on any atom is 0.221 e. The molecule has 2 aromatic heterocycles. The zero-order valence-electron chi connectivity index (χ0n) is 8.89. The van der Waals surface area contributed by atoms with Gasteiger partial charge in [-0.25, -0.2) is 15.0 Å². The van der Waals surface area contributed by atoms with E-state index in [-0.39, 0.29) is 11.7 Å². The quantitative estimate of drug-likeness (QED) is 0.799. The summed E-state index contributed by atoms with van der Waals surface area (Å²) < 4.78 is 0. The first-order valence-corrected chi connectivity index (χ1v) is 5.52.